The number of nitrogens with zero attached hydrogens (tertiary/aromatic N) is 1. The van der Waals surface area contributed by atoms with E-state index < -0.39 is 17.7 Å². The Morgan fingerprint density at radius 3 is 1.58 bits per heavy atom. The van der Waals surface area contributed by atoms with Crippen LogP contribution >= 0.6 is 0 Å². The highest BCUT2D eigenvalue weighted by molar-refractivity contribution is 6.16. The number of carbonyl (C=O) groups excluding carboxylic acids is 3. The van der Waals surface area contributed by atoms with Crippen molar-refractivity contribution in [2.45, 2.75) is 6.92 Å². The summed E-state index contributed by atoms with van der Waals surface area (Å²) in [5.74, 6) is -2.13. The van der Waals surface area contributed by atoms with E-state index in [1.54, 1.807) is 0 Å². The van der Waals surface area contributed by atoms with Gasteiger partial charge >= 0.3 is 0 Å². The highest BCUT2D eigenvalue weighted by Crippen LogP contribution is 1.94. The van der Waals surface area contributed by atoms with Crippen LogP contribution in [0.4, 0.5) is 0 Å². The maximum absolute atomic E-state index is 10.9. The maximum atomic E-state index is 10.9. The number of carbonyl (C=O) groups is 3. The van der Waals surface area contributed by atoms with Crippen LogP contribution in [0.3, 0.4) is 0 Å². The molecule has 0 saturated heterocycles. The first-order valence-corrected chi connectivity index (χ1v) is 3.18. The fourth-order valence-electron chi connectivity index (χ4n) is 0.602. The summed E-state index contributed by atoms with van der Waals surface area (Å²) in [4.78, 5) is 32.9. The summed E-state index contributed by atoms with van der Waals surface area (Å²) >= 11 is 0. The number of hydrogen-bond acceptors (Lipinski definition) is 3. The Labute approximate surface area is 70.2 Å². The van der Waals surface area contributed by atoms with Gasteiger partial charge in [0.15, 0.2) is 0 Å². The molecule has 0 fully saturated rings. The smallest absolute Gasteiger partial charge is 0.259 e. The van der Waals surface area contributed by atoms with E-state index in [0.717, 1.165) is 19.1 Å². The molecule has 0 aromatic carbocycles. The van der Waals surface area contributed by atoms with Gasteiger partial charge in [0, 0.05) is 6.92 Å². The van der Waals surface area contributed by atoms with Crippen LogP contribution in [-0.4, -0.2) is 22.6 Å². The normalized spacial score (nSPS) is 8.42. The van der Waals surface area contributed by atoms with Crippen LogP contribution in [-0.2, 0) is 14.4 Å². The molecule has 4 heteroatoms. The van der Waals surface area contributed by atoms with Crippen LogP contribution in [0.2, 0.25) is 0 Å². The molecule has 0 rings (SSSR count). The molecule has 0 aromatic rings. The van der Waals surface area contributed by atoms with Crippen molar-refractivity contribution in [2.24, 2.45) is 0 Å². The minimum Gasteiger partial charge on any atom is -0.274 e. The standard InChI is InChI=1S/C8H9NO3/c1-4-7(11)9(6(3)10)8(12)5-2/h4-5H,1-2H2,3H3. The molecule has 0 N–H and O–H groups in total. The van der Waals surface area contributed by atoms with Crippen molar-refractivity contribution >= 4 is 17.7 Å². The van der Waals surface area contributed by atoms with Crippen LogP contribution < -0.4 is 0 Å². The Bertz CT molecular complexity index is 235. The Morgan fingerprint density at radius 1 is 1.08 bits per heavy atom. The van der Waals surface area contributed by atoms with E-state index in [9.17, 15) is 14.4 Å². The Morgan fingerprint density at radius 2 is 1.42 bits per heavy atom. The Kier molecular flexibility index (Phi) is 3.62. The van der Waals surface area contributed by atoms with Crippen LogP contribution in [0.1, 0.15) is 6.92 Å². The zero-order valence-electron chi connectivity index (χ0n) is 6.74. The van der Waals surface area contributed by atoms with Gasteiger partial charge in [-0.05, 0) is 12.2 Å². The zero-order valence-corrected chi connectivity index (χ0v) is 6.74. The lowest BCUT2D eigenvalue weighted by Crippen LogP contribution is -2.38. The van der Waals surface area contributed by atoms with Crippen molar-refractivity contribution < 1.29 is 14.4 Å². The second-order valence-corrected chi connectivity index (χ2v) is 1.94. The fourth-order valence-corrected chi connectivity index (χ4v) is 0.602. The third-order valence-corrected chi connectivity index (χ3v) is 1.10. The van der Waals surface area contributed by atoms with Crippen molar-refractivity contribution in [3.05, 3.63) is 25.3 Å². The topological polar surface area (TPSA) is 54.5 Å². The second-order valence-electron chi connectivity index (χ2n) is 1.94. The summed E-state index contributed by atoms with van der Waals surface area (Å²) in [6.45, 7) is 7.42. The molecule has 64 valence electrons. The minimum absolute atomic E-state index is 0.458. The van der Waals surface area contributed by atoms with Gasteiger partial charge < -0.3 is 0 Å². The van der Waals surface area contributed by atoms with Crippen molar-refractivity contribution in [1.82, 2.24) is 4.90 Å². The van der Waals surface area contributed by atoms with E-state index in [0.29, 0.717) is 4.90 Å². The lowest BCUT2D eigenvalue weighted by Gasteiger charge is -2.11. The summed E-state index contributed by atoms with van der Waals surface area (Å²) in [6, 6.07) is 0. The van der Waals surface area contributed by atoms with E-state index in [1.165, 1.54) is 0 Å². The molecule has 0 bridgehead atoms. The van der Waals surface area contributed by atoms with Gasteiger partial charge in [0.05, 0.1) is 0 Å². The van der Waals surface area contributed by atoms with Crippen LogP contribution in [0, 0.1) is 0 Å². The average Bonchev–Trinajstić information content (AvgIpc) is 2.03. The van der Waals surface area contributed by atoms with E-state index in [2.05, 4.69) is 13.2 Å². The first-order valence-electron chi connectivity index (χ1n) is 3.18. The summed E-state index contributed by atoms with van der Waals surface area (Å²) in [5, 5.41) is 0. The first kappa shape index (κ1) is 10.3. The lowest BCUT2D eigenvalue weighted by atomic mass is 10.4. The summed E-state index contributed by atoms with van der Waals surface area (Å²) in [6.07, 6.45) is 1.78. The van der Waals surface area contributed by atoms with E-state index in [4.69, 9.17) is 0 Å². The summed E-state index contributed by atoms with van der Waals surface area (Å²) in [7, 11) is 0. The fraction of sp³-hybridized carbons (Fsp3) is 0.125. The number of hydrogen-bond donors (Lipinski definition) is 0. The lowest BCUT2D eigenvalue weighted by molar-refractivity contribution is -0.148. The van der Waals surface area contributed by atoms with Gasteiger partial charge in [0.2, 0.25) is 5.91 Å². The molecule has 0 heterocycles. The van der Waals surface area contributed by atoms with Crippen molar-refractivity contribution in [2.75, 3.05) is 0 Å². The molecule has 0 aliphatic heterocycles. The van der Waals surface area contributed by atoms with Crippen molar-refractivity contribution in [3.8, 4) is 0 Å². The molecule has 0 spiro atoms. The quantitative estimate of drug-likeness (QED) is 0.554. The predicted octanol–water partition coefficient (Wildman–Crippen LogP) is 0.260. The average molecular weight is 167 g/mol. The highest BCUT2D eigenvalue weighted by Gasteiger charge is 2.20. The molecular weight excluding hydrogens is 158 g/mol. The minimum atomic E-state index is -0.743. The third-order valence-electron chi connectivity index (χ3n) is 1.10. The van der Waals surface area contributed by atoms with Gasteiger partial charge in [-0.15, -0.1) is 0 Å². The van der Waals surface area contributed by atoms with Gasteiger partial charge in [-0.25, -0.2) is 4.90 Å². The Balaban J connectivity index is 4.78. The molecule has 0 atom stereocenters. The summed E-state index contributed by atoms with van der Waals surface area (Å²) < 4.78 is 0. The molecule has 4 nitrogen and oxygen atoms in total. The highest BCUT2D eigenvalue weighted by atomic mass is 16.2. The molecule has 12 heavy (non-hydrogen) atoms. The molecular formula is C8H9NO3. The monoisotopic (exact) mass is 167 g/mol. The number of rotatable bonds is 2. The van der Waals surface area contributed by atoms with E-state index in [1.807, 2.05) is 0 Å². The number of imide groups is 3. The van der Waals surface area contributed by atoms with Crippen molar-refractivity contribution in [3.63, 3.8) is 0 Å². The second kappa shape index (κ2) is 4.23. The van der Waals surface area contributed by atoms with Crippen LogP contribution in [0.25, 0.3) is 0 Å². The molecule has 0 aliphatic carbocycles. The van der Waals surface area contributed by atoms with Gasteiger partial charge in [-0.1, -0.05) is 13.2 Å². The SMILES string of the molecule is C=CC(=O)N(C(C)=O)C(=O)C=C. The van der Waals surface area contributed by atoms with Gasteiger partial charge in [-0.2, -0.15) is 0 Å². The van der Waals surface area contributed by atoms with Crippen molar-refractivity contribution in [1.29, 1.82) is 0 Å². The first-order chi connectivity index (χ1) is 5.54. The van der Waals surface area contributed by atoms with Gasteiger partial charge in [0.1, 0.15) is 0 Å². The molecule has 0 radical (unpaired) electrons. The molecule has 0 aliphatic rings. The third kappa shape index (κ3) is 2.16. The largest absolute Gasteiger partial charge is 0.274 e. The zero-order chi connectivity index (χ0) is 9.72. The van der Waals surface area contributed by atoms with Crippen LogP contribution in [0.5, 0.6) is 0 Å². The Hall–Kier alpha value is -1.71. The molecule has 3 amide bonds. The summed E-state index contributed by atoms with van der Waals surface area (Å²) in [5.41, 5.74) is 0. The van der Waals surface area contributed by atoms with Gasteiger partial charge in [-0.3, -0.25) is 14.4 Å². The van der Waals surface area contributed by atoms with E-state index in [-0.39, 0.29) is 0 Å². The van der Waals surface area contributed by atoms with Crippen LogP contribution in [0.15, 0.2) is 25.3 Å². The van der Waals surface area contributed by atoms with Gasteiger partial charge in [0.25, 0.3) is 11.8 Å². The van der Waals surface area contributed by atoms with E-state index >= 15 is 0 Å². The molecule has 0 saturated carbocycles. The number of amides is 3. The molecule has 0 aromatic heterocycles. The maximum Gasteiger partial charge on any atom is 0.259 e. The predicted molar refractivity (Wildman–Crippen MR) is 42.9 cm³/mol. The molecule has 0 unspecified atom stereocenters.